The Kier molecular flexibility index (Phi) is 4.07. The van der Waals surface area contributed by atoms with E-state index in [2.05, 4.69) is 10.3 Å². The molecule has 0 aromatic carbocycles. The number of hydrogen-bond donors (Lipinski definition) is 1. The lowest BCUT2D eigenvalue weighted by Gasteiger charge is -2.21. The molecular formula is C12H18N2OS. The van der Waals surface area contributed by atoms with Gasteiger partial charge in [0.1, 0.15) is 5.78 Å². The van der Waals surface area contributed by atoms with E-state index in [4.69, 9.17) is 0 Å². The van der Waals surface area contributed by atoms with E-state index >= 15 is 0 Å². The number of nitrogens with one attached hydrogen (secondary N) is 1. The van der Waals surface area contributed by atoms with Gasteiger partial charge >= 0.3 is 0 Å². The van der Waals surface area contributed by atoms with Gasteiger partial charge in [-0.2, -0.15) is 0 Å². The van der Waals surface area contributed by atoms with Gasteiger partial charge in [0.15, 0.2) is 0 Å². The van der Waals surface area contributed by atoms with E-state index in [1.165, 1.54) is 0 Å². The smallest absolute Gasteiger partial charge is 0.139 e. The van der Waals surface area contributed by atoms with E-state index in [-0.39, 0.29) is 0 Å². The van der Waals surface area contributed by atoms with Crippen molar-refractivity contribution in [2.75, 3.05) is 13.1 Å². The minimum Gasteiger partial charge on any atom is -0.317 e. The quantitative estimate of drug-likeness (QED) is 0.872. The molecule has 0 bridgehead atoms. The zero-order valence-electron chi connectivity index (χ0n) is 9.66. The highest BCUT2D eigenvalue weighted by molar-refractivity contribution is 7.09. The minimum absolute atomic E-state index is 0.345. The highest BCUT2D eigenvalue weighted by atomic mass is 32.1. The van der Waals surface area contributed by atoms with Gasteiger partial charge in [0.2, 0.25) is 0 Å². The SMILES string of the molecule is Cc1nc(CC(=O)CC2CCNCC2)cs1. The summed E-state index contributed by atoms with van der Waals surface area (Å²) in [7, 11) is 0. The van der Waals surface area contributed by atoms with Crippen LogP contribution in [0, 0.1) is 12.8 Å². The Labute approximate surface area is 100 Å². The second kappa shape index (κ2) is 5.55. The zero-order valence-corrected chi connectivity index (χ0v) is 10.5. The molecule has 0 spiro atoms. The van der Waals surface area contributed by atoms with E-state index in [9.17, 15) is 4.79 Å². The number of rotatable bonds is 4. The molecule has 1 aromatic rings. The van der Waals surface area contributed by atoms with Gasteiger partial charge in [-0.15, -0.1) is 11.3 Å². The molecular weight excluding hydrogens is 220 g/mol. The molecule has 1 fully saturated rings. The first-order chi connectivity index (χ1) is 7.74. The highest BCUT2D eigenvalue weighted by Gasteiger charge is 2.17. The lowest BCUT2D eigenvalue weighted by atomic mass is 9.91. The van der Waals surface area contributed by atoms with Crippen LogP contribution >= 0.6 is 11.3 Å². The molecule has 1 aromatic heterocycles. The Morgan fingerprint density at radius 2 is 2.31 bits per heavy atom. The average molecular weight is 238 g/mol. The lowest BCUT2D eigenvalue weighted by molar-refractivity contribution is -0.119. The molecule has 4 heteroatoms. The number of thiazole rings is 1. The summed E-state index contributed by atoms with van der Waals surface area (Å²) in [6.45, 7) is 4.10. The number of aryl methyl sites for hydroxylation is 1. The fraction of sp³-hybridized carbons (Fsp3) is 0.667. The van der Waals surface area contributed by atoms with Crippen LogP contribution in [0.25, 0.3) is 0 Å². The molecule has 2 rings (SSSR count). The normalized spacial score (nSPS) is 17.6. The number of carbonyl (C=O) groups excluding carboxylic acids is 1. The van der Waals surface area contributed by atoms with Gasteiger partial charge in [-0.1, -0.05) is 0 Å². The summed E-state index contributed by atoms with van der Waals surface area (Å²) in [4.78, 5) is 16.2. The molecule has 88 valence electrons. The monoisotopic (exact) mass is 238 g/mol. The molecule has 0 amide bonds. The average Bonchev–Trinajstić information content (AvgIpc) is 2.65. The van der Waals surface area contributed by atoms with Crippen LogP contribution in [0.4, 0.5) is 0 Å². The molecule has 1 aliphatic heterocycles. The van der Waals surface area contributed by atoms with E-state index in [0.717, 1.165) is 43.1 Å². The Morgan fingerprint density at radius 3 is 2.94 bits per heavy atom. The number of carbonyl (C=O) groups is 1. The number of Topliss-reactive ketones (excluding diaryl/α,β-unsaturated/α-hetero) is 1. The van der Waals surface area contributed by atoms with Gasteiger partial charge in [0, 0.05) is 18.2 Å². The second-order valence-corrected chi connectivity index (χ2v) is 5.53. The summed E-state index contributed by atoms with van der Waals surface area (Å²) in [5, 5.41) is 6.36. The number of ketones is 1. The predicted molar refractivity (Wildman–Crippen MR) is 65.8 cm³/mol. The Balaban J connectivity index is 1.79. The molecule has 1 saturated heterocycles. The van der Waals surface area contributed by atoms with E-state index in [1.54, 1.807) is 11.3 Å². The summed E-state index contributed by atoms with van der Waals surface area (Å²) in [5.41, 5.74) is 0.946. The van der Waals surface area contributed by atoms with Crippen molar-refractivity contribution in [1.82, 2.24) is 10.3 Å². The van der Waals surface area contributed by atoms with Crippen LogP contribution in [0.5, 0.6) is 0 Å². The number of aromatic nitrogens is 1. The van der Waals surface area contributed by atoms with Gasteiger partial charge in [0.25, 0.3) is 0 Å². The number of nitrogens with zero attached hydrogens (tertiary/aromatic N) is 1. The van der Waals surface area contributed by atoms with Gasteiger partial charge in [0.05, 0.1) is 10.7 Å². The van der Waals surface area contributed by atoms with Crippen molar-refractivity contribution in [3.8, 4) is 0 Å². The largest absolute Gasteiger partial charge is 0.317 e. The van der Waals surface area contributed by atoms with Crippen LogP contribution in [-0.4, -0.2) is 23.9 Å². The molecule has 0 atom stereocenters. The maximum atomic E-state index is 11.8. The Morgan fingerprint density at radius 1 is 1.56 bits per heavy atom. The van der Waals surface area contributed by atoms with Crippen LogP contribution in [0.1, 0.15) is 30.0 Å². The minimum atomic E-state index is 0.345. The van der Waals surface area contributed by atoms with E-state index in [0.29, 0.717) is 18.1 Å². The van der Waals surface area contributed by atoms with Crippen molar-refractivity contribution in [1.29, 1.82) is 0 Å². The molecule has 0 saturated carbocycles. The van der Waals surface area contributed by atoms with E-state index in [1.807, 2.05) is 12.3 Å². The molecule has 16 heavy (non-hydrogen) atoms. The maximum absolute atomic E-state index is 11.8. The third kappa shape index (κ3) is 3.39. The summed E-state index contributed by atoms with van der Waals surface area (Å²) in [6.07, 6.45) is 3.54. The third-order valence-electron chi connectivity index (χ3n) is 3.02. The van der Waals surface area contributed by atoms with Crippen LogP contribution < -0.4 is 5.32 Å². The molecule has 0 unspecified atom stereocenters. The third-order valence-corrected chi connectivity index (χ3v) is 3.84. The molecule has 2 heterocycles. The van der Waals surface area contributed by atoms with Crippen molar-refractivity contribution in [3.05, 3.63) is 16.1 Å². The maximum Gasteiger partial charge on any atom is 0.139 e. The first-order valence-electron chi connectivity index (χ1n) is 5.87. The summed E-state index contributed by atoms with van der Waals surface area (Å²) >= 11 is 1.62. The fourth-order valence-corrected chi connectivity index (χ4v) is 2.78. The lowest BCUT2D eigenvalue weighted by Crippen LogP contribution is -2.29. The van der Waals surface area contributed by atoms with Crippen molar-refractivity contribution in [2.24, 2.45) is 5.92 Å². The summed E-state index contributed by atoms with van der Waals surface area (Å²) in [5.74, 6) is 0.936. The van der Waals surface area contributed by atoms with Crippen molar-refractivity contribution < 1.29 is 4.79 Å². The van der Waals surface area contributed by atoms with E-state index < -0.39 is 0 Å². The molecule has 3 nitrogen and oxygen atoms in total. The zero-order chi connectivity index (χ0) is 11.4. The number of piperidine rings is 1. The van der Waals surface area contributed by atoms with Crippen LogP contribution in [0.3, 0.4) is 0 Å². The second-order valence-electron chi connectivity index (χ2n) is 4.47. The Hall–Kier alpha value is -0.740. The standard InChI is InChI=1S/C12H18N2OS/c1-9-14-11(8-16-9)7-12(15)6-10-2-4-13-5-3-10/h8,10,13H,2-7H2,1H3. The van der Waals surface area contributed by atoms with Crippen LogP contribution in [0.15, 0.2) is 5.38 Å². The van der Waals surface area contributed by atoms with Crippen molar-refractivity contribution >= 4 is 17.1 Å². The van der Waals surface area contributed by atoms with Gasteiger partial charge in [-0.25, -0.2) is 4.98 Å². The van der Waals surface area contributed by atoms with Gasteiger partial charge < -0.3 is 5.32 Å². The highest BCUT2D eigenvalue weighted by Crippen LogP contribution is 2.18. The van der Waals surface area contributed by atoms with Crippen LogP contribution in [0.2, 0.25) is 0 Å². The fourth-order valence-electron chi connectivity index (χ4n) is 2.17. The Bertz CT molecular complexity index is 356. The topological polar surface area (TPSA) is 42.0 Å². The first-order valence-corrected chi connectivity index (χ1v) is 6.75. The van der Waals surface area contributed by atoms with Gasteiger partial charge in [-0.3, -0.25) is 4.79 Å². The molecule has 1 aliphatic rings. The summed E-state index contributed by atoms with van der Waals surface area (Å²) < 4.78 is 0. The molecule has 0 aliphatic carbocycles. The van der Waals surface area contributed by atoms with Crippen molar-refractivity contribution in [2.45, 2.75) is 32.6 Å². The summed E-state index contributed by atoms with van der Waals surface area (Å²) in [6, 6.07) is 0. The number of hydrogen-bond acceptors (Lipinski definition) is 4. The molecule has 0 radical (unpaired) electrons. The van der Waals surface area contributed by atoms with Crippen molar-refractivity contribution in [3.63, 3.8) is 0 Å². The van der Waals surface area contributed by atoms with Gasteiger partial charge in [-0.05, 0) is 38.8 Å². The molecule has 1 N–H and O–H groups in total. The first kappa shape index (κ1) is 11.7. The van der Waals surface area contributed by atoms with Crippen LogP contribution in [-0.2, 0) is 11.2 Å². The predicted octanol–water partition coefficient (Wildman–Crippen LogP) is 1.95.